The van der Waals surface area contributed by atoms with Crippen molar-refractivity contribution in [3.05, 3.63) is 64.7 Å². The number of ether oxygens (including phenoxy) is 1. The lowest BCUT2D eigenvalue weighted by Crippen LogP contribution is -2.25. The van der Waals surface area contributed by atoms with E-state index in [1.807, 2.05) is 25.1 Å². The standard InChI is InChI=1S/C23H30N2O2/c1-16(2)19-10-8-18(9-11-19)14-24-25-22(26)15-27-21-13-17(3)7-12-20(21)23(4,5)6/h7-14,16H,15H2,1-6H3,(H,25,26). The van der Waals surface area contributed by atoms with E-state index >= 15 is 0 Å². The lowest BCUT2D eigenvalue weighted by Gasteiger charge is -2.23. The van der Waals surface area contributed by atoms with Crippen molar-refractivity contribution in [1.82, 2.24) is 5.43 Å². The molecular weight excluding hydrogens is 336 g/mol. The topological polar surface area (TPSA) is 50.7 Å². The SMILES string of the molecule is Cc1ccc(C(C)(C)C)c(OCC(=O)NN=Cc2ccc(C(C)C)cc2)c1. The maximum absolute atomic E-state index is 12.0. The van der Waals surface area contributed by atoms with Gasteiger partial charge in [0.1, 0.15) is 5.75 Å². The molecule has 0 radical (unpaired) electrons. The second kappa shape index (κ2) is 8.85. The number of amides is 1. The monoisotopic (exact) mass is 366 g/mol. The largest absolute Gasteiger partial charge is 0.483 e. The van der Waals surface area contributed by atoms with Gasteiger partial charge in [0.25, 0.3) is 5.91 Å². The van der Waals surface area contributed by atoms with Crippen LogP contribution >= 0.6 is 0 Å². The third-order valence-electron chi connectivity index (χ3n) is 4.31. The van der Waals surface area contributed by atoms with E-state index in [0.29, 0.717) is 5.92 Å². The molecule has 1 N–H and O–H groups in total. The summed E-state index contributed by atoms with van der Waals surface area (Å²) < 4.78 is 5.77. The number of nitrogens with one attached hydrogen (secondary N) is 1. The Hall–Kier alpha value is -2.62. The van der Waals surface area contributed by atoms with Gasteiger partial charge in [-0.15, -0.1) is 0 Å². The number of carbonyl (C=O) groups is 1. The Balaban J connectivity index is 1.92. The van der Waals surface area contributed by atoms with Gasteiger partial charge in [0.2, 0.25) is 0 Å². The van der Waals surface area contributed by atoms with Crippen LogP contribution in [0.3, 0.4) is 0 Å². The fourth-order valence-corrected chi connectivity index (χ4v) is 2.69. The molecule has 0 aliphatic rings. The van der Waals surface area contributed by atoms with Crippen LogP contribution in [0.5, 0.6) is 5.75 Å². The summed E-state index contributed by atoms with van der Waals surface area (Å²) in [4.78, 5) is 12.0. The smallest absolute Gasteiger partial charge is 0.277 e. The molecule has 2 aromatic carbocycles. The Morgan fingerprint density at radius 1 is 1.15 bits per heavy atom. The van der Waals surface area contributed by atoms with Crippen molar-refractivity contribution in [1.29, 1.82) is 0 Å². The molecule has 0 bridgehead atoms. The van der Waals surface area contributed by atoms with Crippen LogP contribution in [0.2, 0.25) is 0 Å². The predicted molar refractivity (Wildman–Crippen MR) is 112 cm³/mol. The molecule has 0 aliphatic carbocycles. The van der Waals surface area contributed by atoms with E-state index < -0.39 is 0 Å². The molecule has 27 heavy (non-hydrogen) atoms. The van der Waals surface area contributed by atoms with Crippen LogP contribution in [0.25, 0.3) is 0 Å². The summed E-state index contributed by atoms with van der Waals surface area (Å²) in [5.41, 5.74) is 6.85. The van der Waals surface area contributed by atoms with Gasteiger partial charge in [-0.1, -0.05) is 71.0 Å². The second-order valence-electron chi connectivity index (χ2n) is 8.15. The number of benzene rings is 2. The minimum absolute atomic E-state index is 0.0557. The summed E-state index contributed by atoms with van der Waals surface area (Å²) in [7, 11) is 0. The number of carbonyl (C=O) groups excluding carboxylic acids is 1. The Morgan fingerprint density at radius 2 is 1.81 bits per heavy atom. The molecule has 0 saturated carbocycles. The van der Waals surface area contributed by atoms with Crippen molar-refractivity contribution in [2.45, 2.75) is 52.9 Å². The lowest BCUT2D eigenvalue weighted by atomic mass is 9.86. The summed E-state index contributed by atoms with van der Waals surface area (Å²) in [6.45, 7) is 12.6. The van der Waals surface area contributed by atoms with Crippen molar-refractivity contribution < 1.29 is 9.53 Å². The molecule has 4 nitrogen and oxygen atoms in total. The molecule has 0 spiro atoms. The van der Waals surface area contributed by atoms with E-state index in [2.05, 4.69) is 69.4 Å². The maximum atomic E-state index is 12.0. The van der Waals surface area contributed by atoms with Gasteiger partial charge in [0.15, 0.2) is 6.61 Å². The van der Waals surface area contributed by atoms with Crippen LogP contribution in [0, 0.1) is 6.92 Å². The summed E-state index contributed by atoms with van der Waals surface area (Å²) in [5.74, 6) is 0.949. The maximum Gasteiger partial charge on any atom is 0.277 e. The highest BCUT2D eigenvalue weighted by Crippen LogP contribution is 2.32. The van der Waals surface area contributed by atoms with Crippen molar-refractivity contribution in [3.8, 4) is 5.75 Å². The van der Waals surface area contributed by atoms with Gasteiger partial charge in [0, 0.05) is 0 Å². The lowest BCUT2D eigenvalue weighted by molar-refractivity contribution is -0.123. The molecule has 0 aromatic heterocycles. The molecular formula is C23H30N2O2. The molecule has 0 heterocycles. The van der Waals surface area contributed by atoms with Crippen LogP contribution < -0.4 is 10.2 Å². The van der Waals surface area contributed by atoms with Crippen LogP contribution in [0.4, 0.5) is 0 Å². The first-order valence-electron chi connectivity index (χ1n) is 9.32. The summed E-state index contributed by atoms with van der Waals surface area (Å²) >= 11 is 0. The third-order valence-corrected chi connectivity index (χ3v) is 4.31. The van der Waals surface area contributed by atoms with E-state index in [1.165, 1.54) is 5.56 Å². The minimum Gasteiger partial charge on any atom is -0.483 e. The van der Waals surface area contributed by atoms with E-state index in [1.54, 1.807) is 6.21 Å². The van der Waals surface area contributed by atoms with Crippen molar-refractivity contribution in [3.63, 3.8) is 0 Å². The molecule has 2 rings (SSSR count). The van der Waals surface area contributed by atoms with Gasteiger partial charge in [-0.25, -0.2) is 5.43 Å². The summed E-state index contributed by atoms with van der Waals surface area (Å²) in [6.07, 6.45) is 1.63. The third kappa shape index (κ3) is 6.24. The Morgan fingerprint density at radius 3 is 2.41 bits per heavy atom. The van der Waals surface area contributed by atoms with Crippen molar-refractivity contribution in [2.24, 2.45) is 5.10 Å². The summed E-state index contributed by atoms with van der Waals surface area (Å²) in [6, 6.07) is 14.2. The molecule has 0 aliphatic heterocycles. The number of hydrazone groups is 1. The van der Waals surface area contributed by atoms with E-state index in [0.717, 1.165) is 22.4 Å². The number of aryl methyl sites for hydroxylation is 1. The Kier molecular flexibility index (Phi) is 6.78. The zero-order valence-corrected chi connectivity index (χ0v) is 17.2. The van der Waals surface area contributed by atoms with Crippen LogP contribution in [0.1, 0.15) is 62.8 Å². The zero-order valence-electron chi connectivity index (χ0n) is 17.2. The van der Waals surface area contributed by atoms with Gasteiger partial charge < -0.3 is 4.74 Å². The number of nitrogens with zero attached hydrogens (tertiary/aromatic N) is 1. The van der Waals surface area contributed by atoms with Gasteiger partial charge in [-0.2, -0.15) is 5.10 Å². The number of rotatable bonds is 6. The quantitative estimate of drug-likeness (QED) is 0.581. The number of hydrogen-bond acceptors (Lipinski definition) is 3. The first kappa shape index (κ1) is 20.7. The number of hydrogen-bond donors (Lipinski definition) is 1. The van der Waals surface area contributed by atoms with Gasteiger partial charge in [-0.3, -0.25) is 4.79 Å². The molecule has 0 atom stereocenters. The second-order valence-corrected chi connectivity index (χ2v) is 8.15. The zero-order chi connectivity index (χ0) is 20.0. The van der Waals surface area contributed by atoms with E-state index in [-0.39, 0.29) is 17.9 Å². The van der Waals surface area contributed by atoms with Crippen molar-refractivity contribution in [2.75, 3.05) is 6.61 Å². The minimum atomic E-state index is -0.286. The molecule has 0 fully saturated rings. The average molecular weight is 367 g/mol. The van der Waals surface area contributed by atoms with Crippen LogP contribution in [-0.4, -0.2) is 18.7 Å². The van der Waals surface area contributed by atoms with Crippen LogP contribution in [0.15, 0.2) is 47.6 Å². The molecule has 2 aromatic rings. The molecule has 0 unspecified atom stereocenters. The van der Waals surface area contributed by atoms with Crippen molar-refractivity contribution >= 4 is 12.1 Å². The van der Waals surface area contributed by atoms with Gasteiger partial charge >= 0.3 is 0 Å². The normalized spacial score (nSPS) is 11.8. The predicted octanol–water partition coefficient (Wildman–Crippen LogP) is 4.95. The van der Waals surface area contributed by atoms with Gasteiger partial charge in [-0.05, 0) is 46.6 Å². The highest BCUT2D eigenvalue weighted by atomic mass is 16.5. The van der Waals surface area contributed by atoms with Crippen LogP contribution in [-0.2, 0) is 10.2 Å². The first-order chi connectivity index (χ1) is 12.7. The molecule has 144 valence electrons. The Labute approximate surface area is 162 Å². The molecule has 4 heteroatoms. The van der Waals surface area contributed by atoms with E-state index in [4.69, 9.17) is 4.74 Å². The fourth-order valence-electron chi connectivity index (χ4n) is 2.69. The van der Waals surface area contributed by atoms with E-state index in [9.17, 15) is 4.79 Å². The first-order valence-corrected chi connectivity index (χ1v) is 9.32. The highest BCUT2D eigenvalue weighted by Gasteiger charge is 2.19. The Bertz CT molecular complexity index is 800. The highest BCUT2D eigenvalue weighted by molar-refractivity contribution is 5.83. The van der Waals surface area contributed by atoms with Gasteiger partial charge in [0.05, 0.1) is 6.21 Å². The summed E-state index contributed by atoms with van der Waals surface area (Å²) in [5, 5.41) is 4.01. The molecule has 0 saturated heterocycles. The molecule has 1 amide bonds. The average Bonchev–Trinajstić information content (AvgIpc) is 2.59. The fraction of sp³-hybridized carbons (Fsp3) is 0.391.